The monoisotopic (exact) mass is 406 g/mol. The Morgan fingerprint density at radius 3 is 2.60 bits per heavy atom. The quantitative estimate of drug-likeness (QED) is 0.434. The minimum Gasteiger partial charge on any atom is -0.364 e. The molecule has 0 spiro atoms. The minimum atomic E-state index is -0.825. The fourth-order valence-corrected chi connectivity index (χ4v) is 2.94. The molecule has 150 valence electrons. The largest absolute Gasteiger partial charge is 0.364 e. The van der Waals surface area contributed by atoms with Crippen molar-refractivity contribution in [2.24, 2.45) is 11.5 Å². The normalized spacial score (nSPS) is 10.8. The van der Waals surface area contributed by atoms with E-state index in [1.165, 1.54) is 22.9 Å². The van der Waals surface area contributed by atoms with Crippen molar-refractivity contribution >= 4 is 23.1 Å². The molecule has 0 radical (unpaired) electrons. The second-order valence-corrected chi connectivity index (χ2v) is 6.30. The molecule has 2 amide bonds. The number of hydrogen-bond donors (Lipinski definition) is 3. The third kappa shape index (κ3) is 3.51. The Kier molecular flexibility index (Phi) is 4.76. The van der Waals surface area contributed by atoms with Crippen molar-refractivity contribution in [3.05, 3.63) is 71.6 Å². The zero-order valence-corrected chi connectivity index (χ0v) is 15.4. The van der Waals surface area contributed by atoms with Gasteiger partial charge >= 0.3 is 0 Å². The van der Waals surface area contributed by atoms with Crippen molar-refractivity contribution in [3.8, 4) is 11.5 Å². The highest BCUT2D eigenvalue weighted by atomic mass is 19.1. The van der Waals surface area contributed by atoms with Crippen molar-refractivity contribution < 1.29 is 14.0 Å². The summed E-state index contributed by atoms with van der Waals surface area (Å²) in [5.41, 5.74) is 12.3. The van der Waals surface area contributed by atoms with Crippen LogP contribution in [0, 0.1) is 5.82 Å². The molecule has 1 aromatic carbocycles. The van der Waals surface area contributed by atoms with Crippen LogP contribution in [-0.4, -0.2) is 36.4 Å². The molecule has 0 aliphatic heterocycles. The standard InChI is InChI=1S/C19H15FN8O2/c20-11-4-1-3-10(7-11)8-23-18-15(17(22)30)26-27-19(25-18)14-12-5-2-6-13(16(21)29)28(12)9-24-14/h1-7,9H,8H2,(H2,21,29)(H2,22,30)(H,23,25,27). The van der Waals surface area contributed by atoms with E-state index in [0.29, 0.717) is 16.8 Å². The minimum absolute atomic E-state index is 0.0731. The van der Waals surface area contributed by atoms with Crippen LogP contribution in [0.2, 0.25) is 0 Å². The number of halogens is 1. The van der Waals surface area contributed by atoms with E-state index < -0.39 is 11.8 Å². The second kappa shape index (κ2) is 7.54. The average Bonchev–Trinajstić information content (AvgIpc) is 3.16. The summed E-state index contributed by atoms with van der Waals surface area (Å²) in [5, 5.41) is 10.7. The maximum absolute atomic E-state index is 13.4. The highest BCUT2D eigenvalue weighted by Gasteiger charge is 2.19. The molecule has 0 bridgehead atoms. The Labute approximate surface area is 168 Å². The van der Waals surface area contributed by atoms with Gasteiger partial charge in [-0.05, 0) is 29.8 Å². The molecule has 0 saturated heterocycles. The zero-order chi connectivity index (χ0) is 21.3. The van der Waals surface area contributed by atoms with E-state index in [-0.39, 0.29) is 35.4 Å². The number of imidazole rings is 1. The first kappa shape index (κ1) is 18.9. The Morgan fingerprint density at radius 1 is 1.07 bits per heavy atom. The lowest BCUT2D eigenvalue weighted by molar-refractivity contribution is 0.0986. The number of carbonyl (C=O) groups excluding carboxylic acids is 2. The number of hydrogen-bond acceptors (Lipinski definition) is 7. The number of nitrogens with two attached hydrogens (primary N) is 2. The van der Waals surface area contributed by atoms with Gasteiger partial charge in [-0.1, -0.05) is 18.2 Å². The van der Waals surface area contributed by atoms with Crippen LogP contribution in [0.3, 0.4) is 0 Å². The number of benzene rings is 1. The predicted molar refractivity (Wildman–Crippen MR) is 105 cm³/mol. The highest BCUT2D eigenvalue weighted by molar-refractivity contribution is 5.96. The van der Waals surface area contributed by atoms with Crippen LogP contribution in [0.1, 0.15) is 26.5 Å². The molecular weight excluding hydrogens is 391 g/mol. The summed E-state index contributed by atoms with van der Waals surface area (Å²) >= 11 is 0. The maximum atomic E-state index is 13.4. The van der Waals surface area contributed by atoms with E-state index in [2.05, 4.69) is 25.5 Å². The SMILES string of the molecule is NC(=O)c1nnc(-c2ncn3c(C(N)=O)cccc23)nc1NCc1cccc(F)c1. The zero-order valence-electron chi connectivity index (χ0n) is 15.4. The predicted octanol–water partition coefficient (Wildman–Crippen LogP) is 1.14. The fourth-order valence-electron chi connectivity index (χ4n) is 2.94. The smallest absolute Gasteiger partial charge is 0.273 e. The van der Waals surface area contributed by atoms with Gasteiger partial charge in [0.15, 0.2) is 11.5 Å². The molecule has 3 aromatic heterocycles. The number of fused-ring (bicyclic) bond motifs is 1. The number of primary amides is 2. The van der Waals surface area contributed by atoms with E-state index in [0.717, 1.165) is 0 Å². The average molecular weight is 406 g/mol. The van der Waals surface area contributed by atoms with Gasteiger partial charge in [0.1, 0.15) is 23.5 Å². The van der Waals surface area contributed by atoms with Crippen LogP contribution in [0.25, 0.3) is 17.0 Å². The first-order valence-corrected chi connectivity index (χ1v) is 8.73. The fraction of sp³-hybridized carbons (Fsp3) is 0.0526. The molecule has 0 atom stereocenters. The molecule has 4 rings (SSSR count). The van der Waals surface area contributed by atoms with Gasteiger partial charge in [-0.3, -0.25) is 14.0 Å². The van der Waals surface area contributed by atoms with Crippen molar-refractivity contribution in [1.29, 1.82) is 0 Å². The van der Waals surface area contributed by atoms with E-state index in [9.17, 15) is 14.0 Å². The van der Waals surface area contributed by atoms with Gasteiger partial charge in [-0.2, -0.15) is 0 Å². The second-order valence-electron chi connectivity index (χ2n) is 6.30. The number of nitrogens with one attached hydrogen (secondary N) is 1. The Morgan fingerprint density at radius 2 is 1.87 bits per heavy atom. The topological polar surface area (TPSA) is 154 Å². The molecule has 10 nitrogen and oxygen atoms in total. The first-order valence-electron chi connectivity index (χ1n) is 8.73. The lowest BCUT2D eigenvalue weighted by Gasteiger charge is -2.09. The van der Waals surface area contributed by atoms with Gasteiger partial charge in [-0.25, -0.2) is 14.4 Å². The Balaban J connectivity index is 1.74. The molecular formula is C19H15FN8O2. The molecule has 11 heteroatoms. The number of anilines is 1. The molecule has 0 fully saturated rings. The van der Waals surface area contributed by atoms with Crippen molar-refractivity contribution in [2.75, 3.05) is 5.32 Å². The number of amides is 2. The number of carbonyl (C=O) groups is 2. The van der Waals surface area contributed by atoms with Crippen LogP contribution in [0.4, 0.5) is 10.2 Å². The lowest BCUT2D eigenvalue weighted by Crippen LogP contribution is -2.19. The van der Waals surface area contributed by atoms with Crippen LogP contribution in [-0.2, 0) is 6.54 Å². The molecule has 0 saturated carbocycles. The molecule has 0 aliphatic rings. The number of nitrogens with zero attached hydrogens (tertiary/aromatic N) is 5. The number of rotatable bonds is 6. The van der Waals surface area contributed by atoms with E-state index in [4.69, 9.17) is 11.5 Å². The van der Waals surface area contributed by atoms with Gasteiger partial charge < -0.3 is 16.8 Å². The molecule has 30 heavy (non-hydrogen) atoms. The first-order chi connectivity index (χ1) is 14.4. The van der Waals surface area contributed by atoms with Gasteiger partial charge in [0.2, 0.25) is 5.82 Å². The number of pyridine rings is 1. The van der Waals surface area contributed by atoms with Gasteiger partial charge in [0.25, 0.3) is 11.8 Å². The van der Waals surface area contributed by atoms with Gasteiger partial charge in [0.05, 0.1) is 5.52 Å². The summed E-state index contributed by atoms with van der Waals surface area (Å²) in [6.45, 7) is 0.173. The third-order valence-corrected chi connectivity index (χ3v) is 4.31. The summed E-state index contributed by atoms with van der Waals surface area (Å²) in [6.07, 6.45) is 1.41. The van der Waals surface area contributed by atoms with E-state index >= 15 is 0 Å². The summed E-state index contributed by atoms with van der Waals surface area (Å²) in [4.78, 5) is 31.9. The molecule has 0 aliphatic carbocycles. The number of aromatic nitrogens is 5. The van der Waals surface area contributed by atoms with E-state index in [1.807, 2.05) is 0 Å². The summed E-state index contributed by atoms with van der Waals surface area (Å²) < 4.78 is 14.9. The summed E-state index contributed by atoms with van der Waals surface area (Å²) in [6, 6.07) is 10.9. The summed E-state index contributed by atoms with van der Waals surface area (Å²) in [5.74, 6) is -1.66. The van der Waals surface area contributed by atoms with Crippen molar-refractivity contribution in [3.63, 3.8) is 0 Å². The van der Waals surface area contributed by atoms with Crippen molar-refractivity contribution in [1.82, 2.24) is 24.6 Å². The molecule has 0 unspecified atom stereocenters. The Hall–Kier alpha value is -4.41. The van der Waals surface area contributed by atoms with Crippen LogP contribution in [0.5, 0.6) is 0 Å². The van der Waals surface area contributed by atoms with Crippen LogP contribution in [0.15, 0.2) is 48.8 Å². The lowest BCUT2D eigenvalue weighted by atomic mass is 10.2. The third-order valence-electron chi connectivity index (χ3n) is 4.31. The van der Waals surface area contributed by atoms with Crippen molar-refractivity contribution in [2.45, 2.75) is 6.54 Å². The van der Waals surface area contributed by atoms with Gasteiger partial charge in [0, 0.05) is 6.54 Å². The summed E-state index contributed by atoms with van der Waals surface area (Å²) in [7, 11) is 0. The maximum Gasteiger partial charge on any atom is 0.273 e. The highest BCUT2D eigenvalue weighted by Crippen LogP contribution is 2.23. The van der Waals surface area contributed by atoms with Gasteiger partial charge in [-0.15, -0.1) is 10.2 Å². The molecule has 4 aromatic rings. The molecule has 5 N–H and O–H groups in total. The Bertz CT molecular complexity index is 1290. The van der Waals surface area contributed by atoms with Crippen LogP contribution < -0.4 is 16.8 Å². The van der Waals surface area contributed by atoms with Crippen LogP contribution >= 0.6 is 0 Å². The van der Waals surface area contributed by atoms with E-state index in [1.54, 1.807) is 30.3 Å². The molecule has 3 heterocycles.